The van der Waals surface area contributed by atoms with E-state index in [0.717, 1.165) is 50.2 Å². The van der Waals surface area contributed by atoms with Gasteiger partial charge in [0.05, 0.1) is 0 Å². The van der Waals surface area contributed by atoms with Crippen LogP contribution in [0.15, 0.2) is 109 Å². The number of hydrogen-bond donors (Lipinski definition) is 0. The number of carbonyl (C=O) groups excluding carboxylic acids is 2. The van der Waals surface area contributed by atoms with Crippen molar-refractivity contribution in [3.8, 4) is 0 Å². The summed E-state index contributed by atoms with van der Waals surface area (Å²) in [6.07, 6.45) is 14.7. The summed E-state index contributed by atoms with van der Waals surface area (Å²) in [4.78, 5) is 30.4. The molecule has 0 saturated heterocycles. The first-order chi connectivity index (χ1) is 20.0. The molecule has 0 spiro atoms. The highest BCUT2D eigenvalue weighted by atomic mass is 79.9. The van der Waals surface area contributed by atoms with Crippen LogP contribution < -0.4 is 0 Å². The second-order valence-electron chi connectivity index (χ2n) is 9.08. The zero-order valence-electron chi connectivity index (χ0n) is 22.8. The summed E-state index contributed by atoms with van der Waals surface area (Å²) >= 11 is 3.39. The molecular formula is C34H29BrN4O2. The topological polar surface area (TPSA) is 69.8 Å². The molecular weight excluding hydrogens is 576 g/mol. The molecule has 6 rings (SSSR count). The van der Waals surface area contributed by atoms with Gasteiger partial charge in [-0.2, -0.15) is 0 Å². The largest absolute Gasteiger partial charge is 0.335 e. The number of hydrogen-bond acceptors (Lipinski definition) is 4. The van der Waals surface area contributed by atoms with Crippen LogP contribution in [0.4, 0.5) is 0 Å². The van der Waals surface area contributed by atoms with E-state index in [1.165, 1.54) is 5.56 Å². The van der Waals surface area contributed by atoms with Gasteiger partial charge in [0.1, 0.15) is 11.3 Å². The molecule has 0 bridgehead atoms. The lowest BCUT2D eigenvalue weighted by Gasteiger charge is -1.99. The van der Waals surface area contributed by atoms with Gasteiger partial charge in [-0.3, -0.25) is 9.59 Å². The molecule has 4 aromatic heterocycles. The molecule has 0 radical (unpaired) electrons. The van der Waals surface area contributed by atoms with E-state index in [1.54, 1.807) is 18.6 Å². The highest BCUT2D eigenvalue weighted by Crippen LogP contribution is 2.26. The third-order valence-corrected chi connectivity index (χ3v) is 6.96. The Kier molecular flexibility index (Phi) is 9.91. The maximum atomic E-state index is 11.2. The second kappa shape index (κ2) is 14.0. The Morgan fingerprint density at radius 2 is 1.17 bits per heavy atom. The van der Waals surface area contributed by atoms with Gasteiger partial charge in [0.25, 0.3) is 0 Å². The van der Waals surface area contributed by atoms with E-state index in [1.807, 2.05) is 120 Å². The zero-order chi connectivity index (χ0) is 29.2. The number of aldehydes is 2. The van der Waals surface area contributed by atoms with E-state index < -0.39 is 0 Å². The summed E-state index contributed by atoms with van der Waals surface area (Å²) in [5.41, 5.74) is 6.27. The van der Waals surface area contributed by atoms with Crippen LogP contribution in [0.25, 0.3) is 40.3 Å². The number of fused-ring (bicyclic) bond motifs is 2. The highest BCUT2D eigenvalue weighted by molar-refractivity contribution is 9.10. The zero-order valence-corrected chi connectivity index (χ0v) is 24.4. The minimum absolute atomic E-state index is 0.664. The first kappa shape index (κ1) is 29.1. The van der Waals surface area contributed by atoms with Crippen LogP contribution in [-0.2, 0) is 14.1 Å². The van der Waals surface area contributed by atoms with Crippen LogP contribution in [0.1, 0.15) is 37.4 Å². The molecule has 0 unspecified atom stereocenters. The van der Waals surface area contributed by atoms with Crippen LogP contribution in [0.5, 0.6) is 0 Å². The van der Waals surface area contributed by atoms with Crippen molar-refractivity contribution in [1.82, 2.24) is 19.1 Å². The van der Waals surface area contributed by atoms with Gasteiger partial charge in [-0.15, -0.1) is 0 Å². The number of pyridine rings is 2. The van der Waals surface area contributed by atoms with E-state index in [0.29, 0.717) is 11.1 Å². The Bertz CT molecular complexity index is 1820. The fraction of sp³-hybridized carbons (Fsp3) is 0.0588. The molecule has 41 heavy (non-hydrogen) atoms. The molecule has 0 aliphatic heterocycles. The van der Waals surface area contributed by atoms with Crippen molar-refractivity contribution in [3.63, 3.8) is 0 Å². The summed E-state index contributed by atoms with van der Waals surface area (Å²) in [7, 11) is 3.77. The SMILES string of the molecule is C=Cc1ccccc1.Cn1cc(C=O)c2c(/C=C/c3ccccc3)ccnc21.Cn1cc(C=O)c2c(Br)ccnc21. The number of aryl methyl sites for hydroxylation is 2. The molecule has 7 heteroatoms. The van der Waals surface area contributed by atoms with Crippen molar-refractivity contribution in [2.75, 3.05) is 0 Å². The smallest absolute Gasteiger partial charge is 0.152 e. The van der Waals surface area contributed by atoms with Crippen molar-refractivity contribution < 1.29 is 9.59 Å². The third kappa shape index (κ3) is 7.01. The van der Waals surface area contributed by atoms with Crippen LogP contribution in [0.2, 0.25) is 0 Å². The van der Waals surface area contributed by atoms with Crippen LogP contribution >= 0.6 is 15.9 Å². The van der Waals surface area contributed by atoms with Crippen LogP contribution in [0, 0.1) is 0 Å². The predicted molar refractivity (Wildman–Crippen MR) is 172 cm³/mol. The summed E-state index contributed by atoms with van der Waals surface area (Å²) in [5.74, 6) is 0. The number of rotatable bonds is 5. The van der Waals surface area contributed by atoms with Gasteiger partial charge in [-0.05, 0) is 44.8 Å². The summed E-state index contributed by atoms with van der Waals surface area (Å²) in [6, 6.07) is 23.9. The lowest BCUT2D eigenvalue weighted by atomic mass is 10.1. The molecule has 0 amide bonds. The van der Waals surface area contributed by atoms with Crippen molar-refractivity contribution in [2.24, 2.45) is 14.1 Å². The maximum absolute atomic E-state index is 11.2. The lowest BCUT2D eigenvalue weighted by molar-refractivity contribution is 0.111. The van der Waals surface area contributed by atoms with Crippen LogP contribution in [-0.4, -0.2) is 31.7 Å². The highest BCUT2D eigenvalue weighted by Gasteiger charge is 2.10. The van der Waals surface area contributed by atoms with E-state index >= 15 is 0 Å². The standard InChI is InChI=1S/C17H14N2O.C9H7BrN2O.C8H8/c1-19-11-15(12-20)16-14(9-10-18-17(16)19)8-7-13-5-3-2-4-6-13;1-12-4-6(5-13)8-7(10)2-3-11-9(8)12;1-2-8-6-4-3-5-7-8/h2-12H,1H3;2-5H,1H3;2-7H,1H2/b8-7+;;. The average Bonchev–Trinajstić information content (AvgIpc) is 3.54. The van der Waals surface area contributed by atoms with Crippen molar-refractivity contribution in [1.29, 1.82) is 0 Å². The van der Waals surface area contributed by atoms with Gasteiger partial charge in [0, 0.05) is 65.3 Å². The summed E-state index contributed by atoms with van der Waals surface area (Å²) in [5, 5.41) is 1.78. The minimum Gasteiger partial charge on any atom is -0.335 e. The normalized spacial score (nSPS) is 10.5. The van der Waals surface area contributed by atoms with E-state index in [4.69, 9.17) is 0 Å². The van der Waals surface area contributed by atoms with Gasteiger partial charge >= 0.3 is 0 Å². The number of nitrogens with zero attached hydrogens (tertiary/aromatic N) is 4. The number of benzene rings is 2. The van der Waals surface area contributed by atoms with E-state index in [9.17, 15) is 9.59 Å². The Hall–Kier alpha value is -4.88. The van der Waals surface area contributed by atoms with Gasteiger partial charge < -0.3 is 9.13 Å². The maximum Gasteiger partial charge on any atom is 0.152 e. The Morgan fingerprint density at radius 3 is 1.71 bits per heavy atom. The minimum atomic E-state index is 0.664. The molecule has 0 aliphatic carbocycles. The molecule has 0 saturated carbocycles. The van der Waals surface area contributed by atoms with Gasteiger partial charge in [0.2, 0.25) is 0 Å². The van der Waals surface area contributed by atoms with Gasteiger partial charge in [-0.1, -0.05) is 85.5 Å². The molecule has 2 aromatic carbocycles. The van der Waals surface area contributed by atoms with Gasteiger partial charge in [0.15, 0.2) is 12.6 Å². The number of carbonyl (C=O) groups is 2. The third-order valence-electron chi connectivity index (χ3n) is 6.30. The predicted octanol–water partition coefficient (Wildman–Crippen LogP) is 8.03. The molecule has 0 aliphatic rings. The molecule has 6 aromatic rings. The fourth-order valence-corrected chi connectivity index (χ4v) is 4.84. The average molecular weight is 606 g/mol. The van der Waals surface area contributed by atoms with E-state index in [2.05, 4.69) is 32.5 Å². The van der Waals surface area contributed by atoms with Crippen molar-refractivity contribution in [3.05, 3.63) is 136 Å². The Morgan fingerprint density at radius 1 is 0.659 bits per heavy atom. The monoisotopic (exact) mass is 604 g/mol. The van der Waals surface area contributed by atoms with Gasteiger partial charge in [-0.25, -0.2) is 9.97 Å². The molecule has 0 fully saturated rings. The Balaban J connectivity index is 0.000000158. The second-order valence-corrected chi connectivity index (χ2v) is 9.93. The van der Waals surface area contributed by atoms with Crippen molar-refractivity contribution >= 4 is 68.8 Å². The summed E-state index contributed by atoms with van der Waals surface area (Å²) in [6.45, 7) is 3.63. The molecule has 0 atom stereocenters. The molecule has 4 heterocycles. The van der Waals surface area contributed by atoms with Crippen LogP contribution in [0.3, 0.4) is 0 Å². The van der Waals surface area contributed by atoms with Crippen molar-refractivity contribution in [2.45, 2.75) is 0 Å². The molecule has 204 valence electrons. The number of halogens is 1. The quantitative estimate of drug-likeness (QED) is 0.187. The molecule has 6 nitrogen and oxygen atoms in total. The first-order valence-electron chi connectivity index (χ1n) is 12.8. The van der Waals surface area contributed by atoms with E-state index in [-0.39, 0.29) is 0 Å². The number of aromatic nitrogens is 4. The summed E-state index contributed by atoms with van der Waals surface area (Å²) < 4.78 is 4.61. The first-order valence-corrected chi connectivity index (χ1v) is 13.6. The fourth-order valence-electron chi connectivity index (χ4n) is 4.32. The Labute approximate surface area is 247 Å². The molecule has 0 N–H and O–H groups in total. The lowest BCUT2D eigenvalue weighted by Crippen LogP contribution is -1.87.